The van der Waals surface area contributed by atoms with Gasteiger partial charge >= 0.3 is 0 Å². The number of hydrogen-bond donors (Lipinski definition) is 3. The maximum absolute atomic E-state index is 12.3. The Morgan fingerprint density at radius 3 is 1.59 bits per heavy atom. The van der Waals surface area contributed by atoms with E-state index in [1.807, 2.05) is 70.2 Å². The van der Waals surface area contributed by atoms with Gasteiger partial charge in [0.05, 0.1) is 12.2 Å². The molecule has 0 radical (unpaired) electrons. The van der Waals surface area contributed by atoms with E-state index in [9.17, 15) is 20.1 Å². The Kier molecular flexibility index (Phi) is 13.5. The van der Waals surface area contributed by atoms with Crippen LogP contribution in [0.4, 0.5) is 0 Å². The molecular formula is C40H54O4. The molecule has 3 atom stereocenters. The van der Waals surface area contributed by atoms with Crippen LogP contribution in [0.2, 0.25) is 0 Å². The fraction of sp³-hybridized carbons (Fsp3) is 0.425. The summed E-state index contributed by atoms with van der Waals surface area (Å²) in [6, 6.07) is 0. The number of rotatable bonds is 10. The number of aliphatic hydroxyl groups excluding tert-OH is 3. The van der Waals surface area contributed by atoms with Crippen molar-refractivity contribution in [3.05, 3.63) is 130 Å². The zero-order chi connectivity index (χ0) is 33.2. The van der Waals surface area contributed by atoms with Crippen molar-refractivity contribution >= 4 is 5.78 Å². The van der Waals surface area contributed by atoms with Crippen molar-refractivity contribution < 1.29 is 20.1 Å². The Morgan fingerprint density at radius 2 is 1.11 bits per heavy atom. The van der Waals surface area contributed by atoms with Gasteiger partial charge in [-0.05, 0) is 76.5 Å². The number of carbonyl (C=O) groups excluding carboxylic acids is 1. The van der Waals surface area contributed by atoms with Gasteiger partial charge in [-0.15, -0.1) is 0 Å². The van der Waals surface area contributed by atoms with E-state index < -0.39 is 23.4 Å². The van der Waals surface area contributed by atoms with Gasteiger partial charge in [-0.3, -0.25) is 4.79 Å². The summed E-state index contributed by atoms with van der Waals surface area (Å²) >= 11 is 0. The van der Waals surface area contributed by atoms with Crippen LogP contribution < -0.4 is 0 Å². The molecule has 0 aliphatic heterocycles. The second-order valence-electron chi connectivity index (χ2n) is 13.6. The van der Waals surface area contributed by atoms with Gasteiger partial charge in [0.1, 0.15) is 6.10 Å². The van der Waals surface area contributed by atoms with Crippen LogP contribution in [0.25, 0.3) is 0 Å². The quantitative estimate of drug-likeness (QED) is 0.220. The van der Waals surface area contributed by atoms with Crippen LogP contribution in [0, 0.1) is 10.8 Å². The summed E-state index contributed by atoms with van der Waals surface area (Å²) in [7, 11) is 0. The lowest BCUT2D eigenvalue weighted by Crippen LogP contribution is -2.49. The number of aliphatic hydroxyl groups is 3. The van der Waals surface area contributed by atoms with Crippen molar-refractivity contribution in [2.24, 2.45) is 10.8 Å². The second-order valence-corrected chi connectivity index (χ2v) is 13.6. The molecule has 0 amide bonds. The van der Waals surface area contributed by atoms with Crippen LogP contribution in [0.3, 0.4) is 0 Å². The maximum Gasteiger partial charge on any atom is 0.189 e. The zero-order valence-corrected chi connectivity index (χ0v) is 28.5. The van der Waals surface area contributed by atoms with Gasteiger partial charge in [-0.25, -0.2) is 0 Å². The molecule has 4 nitrogen and oxygen atoms in total. The van der Waals surface area contributed by atoms with Gasteiger partial charge in [-0.1, -0.05) is 141 Å². The summed E-state index contributed by atoms with van der Waals surface area (Å²) < 4.78 is 0. The first kappa shape index (κ1) is 36.9. The summed E-state index contributed by atoms with van der Waals surface area (Å²) in [5.41, 5.74) is 7.54. The van der Waals surface area contributed by atoms with Crippen LogP contribution in [0.5, 0.6) is 0 Å². The largest absolute Gasteiger partial charge is 0.393 e. The number of carbonyl (C=O) groups is 1. The molecule has 0 fully saturated rings. The molecule has 4 heteroatoms. The average molecular weight is 599 g/mol. The molecule has 2 rings (SSSR count). The highest BCUT2D eigenvalue weighted by Gasteiger charge is 2.45. The molecule has 0 bridgehead atoms. The second kappa shape index (κ2) is 16.1. The number of allylic oxidation sites excluding steroid dienone is 19. The third-order valence-electron chi connectivity index (χ3n) is 8.54. The summed E-state index contributed by atoms with van der Waals surface area (Å²) in [6.45, 7) is 20.1. The molecule has 0 saturated carbocycles. The SMILES string of the molecule is CC1=C(/C=C/C(C)=C/C=C/C(C)=C/C=C/C=C(C)/C=C/C=C(C)/C=C/C2=C(C)C(=O)C(O)C(O)C2(C)C)C(C)(C)CC(O)C1. The predicted octanol–water partition coefficient (Wildman–Crippen LogP) is 8.70. The molecule has 0 spiro atoms. The molecule has 0 heterocycles. The Balaban J connectivity index is 1.95. The fourth-order valence-electron chi connectivity index (χ4n) is 5.82. The van der Waals surface area contributed by atoms with Crippen molar-refractivity contribution in [1.82, 2.24) is 0 Å². The Bertz CT molecular complexity index is 1410. The molecule has 44 heavy (non-hydrogen) atoms. The molecule has 2 aliphatic carbocycles. The highest BCUT2D eigenvalue weighted by atomic mass is 16.3. The van der Waals surface area contributed by atoms with Gasteiger partial charge in [-0.2, -0.15) is 0 Å². The molecule has 2 aliphatic rings. The van der Waals surface area contributed by atoms with Crippen molar-refractivity contribution in [2.45, 2.75) is 100 Å². The normalized spacial score (nSPS) is 26.2. The first-order chi connectivity index (χ1) is 20.5. The third kappa shape index (κ3) is 10.4. The van der Waals surface area contributed by atoms with Crippen LogP contribution in [-0.2, 0) is 4.79 Å². The molecule has 3 N–H and O–H groups in total. The van der Waals surface area contributed by atoms with Crippen LogP contribution >= 0.6 is 0 Å². The van der Waals surface area contributed by atoms with Gasteiger partial charge in [0.25, 0.3) is 0 Å². The predicted molar refractivity (Wildman–Crippen MR) is 186 cm³/mol. The third-order valence-corrected chi connectivity index (χ3v) is 8.54. The Labute approximate surface area is 266 Å². The Morgan fingerprint density at radius 1 is 0.682 bits per heavy atom. The summed E-state index contributed by atoms with van der Waals surface area (Å²) in [5, 5.41) is 30.5. The van der Waals surface area contributed by atoms with Crippen molar-refractivity contribution in [1.29, 1.82) is 0 Å². The standard InChI is InChI=1S/C40H54O4/c1-27(17-13-19-29(3)21-23-34-31(5)25-33(41)26-39(34,7)8)15-11-12-16-28(2)18-14-20-30(4)22-24-35-32(6)36(42)37(43)38(44)40(35,9)10/h11-24,33,37-38,41,43-44H,25-26H2,1-10H3/b12-11+,17-13+,18-14+,23-21+,24-22+,27-15+,28-16+,29-19+,30-20+. The topological polar surface area (TPSA) is 77.8 Å². The highest BCUT2D eigenvalue weighted by Crippen LogP contribution is 2.41. The molecule has 0 aromatic rings. The summed E-state index contributed by atoms with van der Waals surface area (Å²) in [6.07, 6.45) is 27.4. The summed E-state index contributed by atoms with van der Waals surface area (Å²) in [4.78, 5) is 12.3. The van der Waals surface area contributed by atoms with Crippen molar-refractivity contribution in [2.75, 3.05) is 0 Å². The number of hydrogen-bond acceptors (Lipinski definition) is 4. The lowest BCUT2D eigenvalue weighted by atomic mass is 9.69. The smallest absolute Gasteiger partial charge is 0.189 e. The van der Waals surface area contributed by atoms with Crippen LogP contribution in [0.1, 0.15) is 82.1 Å². The molecule has 3 unspecified atom stereocenters. The first-order valence-electron chi connectivity index (χ1n) is 15.5. The van der Waals surface area contributed by atoms with Gasteiger partial charge in [0, 0.05) is 5.41 Å². The minimum absolute atomic E-state index is 0.0128. The summed E-state index contributed by atoms with van der Waals surface area (Å²) in [5.74, 6) is -0.418. The molecule has 0 aromatic carbocycles. The van der Waals surface area contributed by atoms with E-state index in [2.05, 4.69) is 77.2 Å². The minimum atomic E-state index is -1.37. The van der Waals surface area contributed by atoms with Gasteiger partial charge in [0.15, 0.2) is 5.78 Å². The average Bonchev–Trinajstić information content (AvgIpc) is 2.92. The number of Topliss-reactive ketones (excluding diaryl/α,β-unsaturated/α-hetero) is 1. The van der Waals surface area contributed by atoms with E-state index in [1.165, 1.54) is 16.7 Å². The van der Waals surface area contributed by atoms with Gasteiger partial charge in [0.2, 0.25) is 0 Å². The van der Waals surface area contributed by atoms with Crippen molar-refractivity contribution in [3.8, 4) is 0 Å². The lowest BCUT2D eigenvalue weighted by Gasteiger charge is -2.39. The van der Waals surface area contributed by atoms with E-state index in [0.29, 0.717) is 5.57 Å². The molecular weight excluding hydrogens is 544 g/mol. The molecule has 0 aromatic heterocycles. The van der Waals surface area contributed by atoms with Gasteiger partial charge < -0.3 is 15.3 Å². The first-order valence-corrected chi connectivity index (χ1v) is 15.5. The van der Waals surface area contributed by atoms with E-state index in [4.69, 9.17) is 0 Å². The molecule has 238 valence electrons. The minimum Gasteiger partial charge on any atom is -0.393 e. The van der Waals surface area contributed by atoms with Crippen LogP contribution in [-0.4, -0.2) is 39.4 Å². The zero-order valence-electron chi connectivity index (χ0n) is 28.5. The van der Waals surface area contributed by atoms with Crippen LogP contribution in [0.15, 0.2) is 130 Å². The fourth-order valence-corrected chi connectivity index (χ4v) is 5.82. The molecule has 0 saturated heterocycles. The van der Waals surface area contributed by atoms with E-state index in [0.717, 1.165) is 35.1 Å². The highest BCUT2D eigenvalue weighted by molar-refractivity contribution is 6.01. The monoisotopic (exact) mass is 598 g/mol. The Hall–Kier alpha value is -3.31. The van der Waals surface area contributed by atoms with Crippen molar-refractivity contribution in [3.63, 3.8) is 0 Å². The van der Waals surface area contributed by atoms with E-state index >= 15 is 0 Å². The van der Waals surface area contributed by atoms with E-state index in [1.54, 1.807) is 6.92 Å². The van der Waals surface area contributed by atoms with E-state index in [-0.39, 0.29) is 11.5 Å². The maximum atomic E-state index is 12.3. The number of ketones is 1. The lowest BCUT2D eigenvalue weighted by molar-refractivity contribution is -0.135.